The Kier molecular flexibility index (Phi) is 6.80. The molecule has 0 aromatic carbocycles. The number of oxazole rings is 1. The first-order valence-corrected chi connectivity index (χ1v) is 7.04. The van der Waals surface area contributed by atoms with Crippen LogP contribution in [0.15, 0.2) is 10.7 Å². The summed E-state index contributed by atoms with van der Waals surface area (Å²) in [6, 6.07) is 0.642. The third-order valence-electron chi connectivity index (χ3n) is 3.11. The topological polar surface area (TPSA) is 50.1 Å². The summed E-state index contributed by atoms with van der Waals surface area (Å²) in [5, 5.41) is 6.61. The van der Waals surface area contributed by atoms with E-state index >= 15 is 0 Å². The molecule has 4 nitrogen and oxygen atoms in total. The Bertz CT molecular complexity index is 319. The summed E-state index contributed by atoms with van der Waals surface area (Å²) < 4.78 is 5.40. The second-order valence-electron chi connectivity index (χ2n) is 5.23. The van der Waals surface area contributed by atoms with Crippen LogP contribution in [0, 0.1) is 11.8 Å². The average Bonchev–Trinajstić information content (AvgIpc) is 2.78. The normalized spacial score (nSPS) is 11.4. The highest BCUT2D eigenvalue weighted by Crippen LogP contribution is 2.11. The molecule has 0 unspecified atom stereocenters. The molecule has 0 saturated carbocycles. The Morgan fingerprint density at radius 3 is 2.56 bits per heavy atom. The van der Waals surface area contributed by atoms with Gasteiger partial charge in [-0.3, -0.25) is 0 Å². The summed E-state index contributed by atoms with van der Waals surface area (Å²) in [5.41, 5.74) is 0.961. The minimum Gasteiger partial charge on any atom is -0.432 e. The van der Waals surface area contributed by atoms with Gasteiger partial charge < -0.3 is 15.1 Å². The molecule has 4 heteroatoms. The van der Waals surface area contributed by atoms with Crippen molar-refractivity contribution >= 4 is 6.01 Å². The smallest absolute Gasteiger partial charge is 0.294 e. The van der Waals surface area contributed by atoms with E-state index in [1.807, 2.05) is 0 Å². The fourth-order valence-corrected chi connectivity index (χ4v) is 1.77. The molecule has 18 heavy (non-hydrogen) atoms. The number of nitrogens with zero attached hydrogens (tertiary/aromatic N) is 1. The van der Waals surface area contributed by atoms with Gasteiger partial charge in [0.1, 0.15) is 6.26 Å². The second kappa shape index (κ2) is 8.14. The second-order valence-corrected chi connectivity index (χ2v) is 5.23. The van der Waals surface area contributed by atoms with Crippen molar-refractivity contribution in [3.63, 3.8) is 0 Å². The van der Waals surface area contributed by atoms with Crippen LogP contribution >= 0.6 is 0 Å². The molecule has 0 aliphatic carbocycles. The molecule has 0 fully saturated rings. The molecule has 2 N–H and O–H groups in total. The quantitative estimate of drug-likeness (QED) is 0.709. The monoisotopic (exact) mass is 253 g/mol. The van der Waals surface area contributed by atoms with Crippen molar-refractivity contribution in [1.29, 1.82) is 0 Å². The van der Waals surface area contributed by atoms with Crippen LogP contribution in [0.25, 0.3) is 0 Å². The molecule has 1 rings (SSSR count). The number of hydrogen-bond acceptors (Lipinski definition) is 4. The highest BCUT2D eigenvalue weighted by Gasteiger charge is 2.07. The standard InChI is InChI=1S/C14H27N3O/c1-5-12(6-2)8-16-14-17-13(10-18-14)9-15-7-11(3)4/h10-12,15H,5-9H2,1-4H3,(H,16,17). The Hall–Kier alpha value is -1.03. The Morgan fingerprint density at radius 1 is 1.22 bits per heavy atom. The summed E-state index contributed by atoms with van der Waals surface area (Å²) in [5.74, 6) is 1.35. The molecule has 0 amide bonds. The molecular weight excluding hydrogens is 226 g/mol. The lowest BCUT2D eigenvalue weighted by Gasteiger charge is -2.11. The van der Waals surface area contributed by atoms with Crippen LogP contribution in [-0.4, -0.2) is 18.1 Å². The van der Waals surface area contributed by atoms with E-state index in [0.717, 1.165) is 25.3 Å². The van der Waals surface area contributed by atoms with Gasteiger partial charge in [-0.15, -0.1) is 0 Å². The van der Waals surface area contributed by atoms with Gasteiger partial charge in [0, 0.05) is 13.1 Å². The molecule has 0 saturated heterocycles. The van der Waals surface area contributed by atoms with Crippen molar-refractivity contribution in [2.45, 2.75) is 47.1 Å². The first-order valence-electron chi connectivity index (χ1n) is 7.04. The van der Waals surface area contributed by atoms with Crippen molar-refractivity contribution < 1.29 is 4.42 Å². The van der Waals surface area contributed by atoms with Crippen molar-refractivity contribution in [1.82, 2.24) is 10.3 Å². The number of aromatic nitrogens is 1. The highest BCUT2D eigenvalue weighted by atomic mass is 16.4. The predicted octanol–water partition coefficient (Wildman–Crippen LogP) is 3.27. The number of nitrogens with one attached hydrogen (secondary N) is 2. The lowest BCUT2D eigenvalue weighted by Crippen LogP contribution is -2.19. The average molecular weight is 253 g/mol. The van der Waals surface area contributed by atoms with Crippen LogP contribution in [-0.2, 0) is 6.54 Å². The maximum Gasteiger partial charge on any atom is 0.294 e. The molecule has 1 aromatic rings. The number of anilines is 1. The Morgan fingerprint density at radius 2 is 1.94 bits per heavy atom. The molecule has 104 valence electrons. The maximum absolute atomic E-state index is 5.40. The zero-order valence-electron chi connectivity index (χ0n) is 12.1. The highest BCUT2D eigenvalue weighted by molar-refractivity contribution is 5.21. The SMILES string of the molecule is CCC(CC)CNc1nc(CNCC(C)C)co1. The maximum atomic E-state index is 5.40. The summed E-state index contributed by atoms with van der Waals surface area (Å²) in [7, 11) is 0. The van der Waals surface area contributed by atoms with Crippen LogP contribution in [0.2, 0.25) is 0 Å². The molecule has 0 atom stereocenters. The molecule has 0 aliphatic rings. The predicted molar refractivity (Wildman–Crippen MR) is 75.6 cm³/mol. The minimum atomic E-state index is 0.642. The van der Waals surface area contributed by atoms with Crippen LogP contribution in [0.4, 0.5) is 6.01 Å². The van der Waals surface area contributed by atoms with Gasteiger partial charge in [-0.2, -0.15) is 4.98 Å². The van der Waals surface area contributed by atoms with E-state index in [1.54, 1.807) is 6.26 Å². The van der Waals surface area contributed by atoms with Crippen molar-refractivity contribution in [2.24, 2.45) is 11.8 Å². The molecule has 1 heterocycles. The third kappa shape index (κ3) is 5.54. The van der Waals surface area contributed by atoms with Gasteiger partial charge in [0.05, 0.1) is 5.69 Å². The molecule has 1 aromatic heterocycles. The zero-order valence-corrected chi connectivity index (χ0v) is 12.1. The summed E-state index contributed by atoms with van der Waals surface area (Å²) >= 11 is 0. The van der Waals surface area contributed by atoms with Gasteiger partial charge in [-0.25, -0.2) is 0 Å². The van der Waals surface area contributed by atoms with E-state index in [2.05, 4.69) is 43.3 Å². The molecule has 0 aliphatic heterocycles. The van der Waals surface area contributed by atoms with Gasteiger partial charge in [-0.05, 0) is 18.4 Å². The van der Waals surface area contributed by atoms with Gasteiger partial charge in [0.2, 0.25) is 0 Å². The first-order chi connectivity index (χ1) is 8.65. The van der Waals surface area contributed by atoms with Gasteiger partial charge in [-0.1, -0.05) is 40.5 Å². The summed E-state index contributed by atoms with van der Waals surface area (Å²) in [6.45, 7) is 11.5. The van der Waals surface area contributed by atoms with E-state index in [-0.39, 0.29) is 0 Å². The van der Waals surface area contributed by atoms with Crippen LogP contribution in [0.5, 0.6) is 0 Å². The largest absolute Gasteiger partial charge is 0.432 e. The molecule has 0 bridgehead atoms. The molecule has 0 spiro atoms. The van der Waals surface area contributed by atoms with E-state index in [9.17, 15) is 0 Å². The van der Waals surface area contributed by atoms with Gasteiger partial charge >= 0.3 is 0 Å². The van der Waals surface area contributed by atoms with Crippen molar-refractivity contribution in [3.05, 3.63) is 12.0 Å². The Balaban J connectivity index is 2.29. The van der Waals surface area contributed by atoms with E-state index < -0.39 is 0 Å². The van der Waals surface area contributed by atoms with E-state index in [1.165, 1.54) is 12.8 Å². The fourth-order valence-electron chi connectivity index (χ4n) is 1.77. The van der Waals surface area contributed by atoms with Gasteiger partial charge in [0.15, 0.2) is 0 Å². The lowest BCUT2D eigenvalue weighted by atomic mass is 10.0. The van der Waals surface area contributed by atoms with Crippen molar-refractivity contribution in [2.75, 3.05) is 18.4 Å². The van der Waals surface area contributed by atoms with Crippen LogP contribution in [0.3, 0.4) is 0 Å². The molecule has 0 radical (unpaired) electrons. The van der Waals surface area contributed by atoms with E-state index in [4.69, 9.17) is 4.42 Å². The van der Waals surface area contributed by atoms with Crippen LogP contribution in [0.1, 0.15) is 46.2 Å². The zero-order chi connectivity index (χ0) is 13.4. The fraction of sp³-hybridized carbons (Fsp3) is 0.786. The van der Waals surface area contributed by atoms with Gasteiger partial charge in [0.25, 0.3) is 6.01 Å². The number of hydrogen-bond donors (Lipinski definition) is 2. The first kappa shape index (κ1) is 15.0. The Labute approximate surface area is 111 Å². The van der Waals surface area contributed by atoms with Crippen LogP contribution < -0.4 is 10.6 Å². The van der Waals surface area contributed by atoms with E-state index in [0.29, 0.717) is 17.9 Å². The number of rotatable bonds is 9. The third-order valence-corrected chi connectivity index (χ3v) is 3.11. The minimum absolute atomic E-state index is 0.642. The van der Waals surface area contributed by atoms with Crippen molar-refractivity contribution in [3.8, 4) is 0 Å². The summed E-state index contributed by atoms with van der Waals surface area (Å²) in [6.07, 6.45) is 4.10. The molecular formula is C14H27N3O. The summed E-state index contributed by atoms with van der Waals surface area (Å²) in [4.78, 5) is 4.41. The lowest BCUT2D eigenvalue weighted by molar-refractivity contribution is 0.501.